The number of hydrogen-bond acceptors (Lipinski definition) is 3. The lowest BCUT2D eigenvalue weighted by Gasteiger charge is -2.43. The third kappa shape index (κ3) is 3.37. The van der Waals surface area contributed by atoms with Gasteiger partial charge in [-0.05, 0) is 63.7 Å². The second-order valence-corrected chi connectivity index (χ2v) is 9.17. The van der Waals surface area contributed by atoms with E-state index < -0.39 is 6.10 Å². The normalized spacial score (nSPS) is 35.0. The Bertz CT molecular complexity index is 367. The maximum atomic E-state index is 10.4. The van der Waals surface area contributed by atoms with Crippen LogP contribution in [-0.2, 0) is 4.74 Å². The van der Waals surface area contributed by atoms with Gasteiger partial charge in [0.1, 0.15) is 0 Å². The molecule has 0 aromatic heterocycles. The molecule has 0 amide bonds. The summed E-state index contributed by atoms with van der Waals surface area (Å²) in [5, 5.41) is 10.4. The van der Waals surface area contributed by atoms with Gasteiger partial charge in [0.15, 0.2) is 0 Å². The standard InChI is InChI=1S/C19H37NO2/c1-13(2)20(14(3)4)11-16(21)12-22-17-18(5,6)15-8-9-19(17,7)10-15/h13-17,21H,8-12H2,1-7H3/t15-,16+,17+,19-/m1/s1. The maximum Gasteiger partial charge on any atom is 0.0900 e. The highest BCUT2D eigenvalue weighted by Crippen LogP contribution is 2.63. The van der Waals surface area contributed by atoms with Crippen molar-refractivity contribution >= 4 is 0 Å². The summed E-state index contributed by atoms with van der Waals surface area (Å²) < 4.78 is 6.30. The van der Waals surface area contributed by atoms with Crippen LogP contribution in [0, 0.1) is 16.7 Å². The molecule has 3 nitrogen and oxygen atoms in total. The lowest BCUT2D eigenvalue weighted by molar-refractivity contribution is -0.115. The van der Waals surface area contributed by atoms with Crippen LogP contribution >= 0.6 is 0 Å². The topological polar surface area (TPSA) is 32.7 Å². The van der Waals surface area contributed by atoms with Gasteiger partial charge in [-0.25, -0.2) is 0 Å². The van der Waals surface area contributed by atoms with Crippen LogP contribution < -0.4 is 0 Å². The van der Waals surface area contributed by atoms with E-state index in [0.717, 1.165) is 5.92 Å². The summed E-state index contributed by atoms with van der Waals surface area (Å²) in [6.07, 6.45) is 3.82. The Kier molecular flexibility index (Phi) is 5.31. The van der Waals surface area contributed by atoms with Crippen molar-refractivity contribution in [3.63, 3.8) is 0 Å². The fraction of sp³-hybridized carbons (Fsp3) is 1.00. The highest BCUT2D eigenvalue weighted by atomic mass is 16.5. The first-order chi connectivity index (χ1) is 10.1. The van der Waals surface area contributed by atoms with E-state index in [2.05, 4.69) is 53.4 Å². The van der Waals surface area contributed by atoms with Crippen molar-refractivity contribution in [2.24, 2.45) is 16.7 Å². The van der Waals surface area contributed by atoms with Gasteiger partial charge < -0.3 is 9.84 Å². The number of aliphatic hydroxyl groups is 1. The zero-order chi connectivity index (χ0) is 16.7. The number of fused-ring (bicyclic) bond motifs is 2. The molecule has 2 bridgehead atoms. The Balaban J connectivity index is 1.90. The fourth-order valence-corrected chi connectivity index (χ4v) is 5.19. The number of aliphatic hydroxyl groups excluding tert-OH is 1. The van der Waals surface area contributed by atoms with Gasteiger partial charge in [0.25, 0.3) is 0 Å². The summed E-state index contributed by atoms with van der Waals surface area (Å²) in [6, 6.07) is 0.900. The molecule has 4 atom stereocenters. The highest BCUT2D eigenvalue weighted by molar-refractivity contribution is 5.09. The minimum absolute atomic E-state index is 0.252. The zero-order valence-electron chi connectivity index (χ0n) is 15.7. The molecule has 0 aromatic rings. The molecule has 0 radical (unpaired) electrons. The van der Waals surface area contributed by atoms with E-state index in [0.29, 0.717) is 36.8 Å². The summed E-state index contributed by atoms with van der Waals surface area (Å²) in [5.41, 5.74) is 0.576. The predicted octanol–water partition coefficient (Wildman–Crippen LogP) is 3.70. The molecule has 2 aliphatic carbocycles. The van der Waals surface area contributed by atoms with Crippen LogP contribution in [-0.4, -0.2) is 47.4 Å². The molecular formula is C19H37NO2. The van der Waals surface area contributed by atoms with Crippen molar-refractivity contribution in [2.75, 3.05) is 13.2 Å². The van der Waals surface area contributed by atoms with Crippen molar-refractivity contribution < 1.29 is 9.84 Å². The molecule has 22 heavy (non-hydrogen) atoms. The average Bonchev–Trinajstić information content (AvgIpc) is 2.85. The zero-order valence-corrected chi connectivity index (χ0v) is 15.7. The molecule has 1 N–H and O–H groups in total. The quantitative estimate of drug-likeness (QED) is 0.778. The van der Waals surface area contributed by atoms with Gasteiger partial charge >= 0.3 is 0 Å². The van der Waals surface area contributed by atoms with E-state index >= 15 is 0 Å². The van der Waals surface area contributed by atoms with Crippen LogP contribution in [0.3, 0.4) is 0 Å². The van der Waals surface area contributed by atoms with Gasteiger partial charge in [0, 0.05) is 18.6 Å². The Hall–Kier alpha value is -0.120. The Morgan fingerprint density at radius 1 is 1.14 bits per heavy atom. The third-order valence-corrected chi connectivity index (χ3v) is 6.34. The lowest BCUT2D eigenvalue weighted by atomic mass is 9.70. The molecule has 2 fully saturated rings. The van der Waals surface area contributed by atoms with Gasteiger partial charge in [0.2, 0.25) is 0 Å². The van der Waals surface area contributed by atoms with E-state index in [9.17, 15) is 5.11 Å². The number of nitrogens with zero attached hydrogens (tertiary/aromatic N) is 1. The van der Waals surface area contributed by atoms with Crippen LogP contribution in [0.5, 0.6) is 0 Å². The number of ether oxygens (including phenoxy) is 1. The van der Waals surface area contributed by atoms with Gasteiger partial charge in [-0.3, -0.25) is 4.90 Å². The molecule has 0 unspecified atom stereocenters. The minimum atomic E-state index is -0.400. The van der Waals surface area contributed by atoms with Crippen molar-refractivity contribution in [3.05, 3.63) is 0 Å². The Morgan fingerprint density at radius 3 is 2.18 bits per heavy atom. The lowest BCUT2D eigenvalue weighted by Crippen LogP contribution is -2.46. The monoisotopic (exact) mass is 311 g/mol. The van der Waals surface area contributed by atoms with Crippen LogP contribution in [0.15, 0.2) is 0 Å². The summed E-state index contributed by atoms with van der Waals surface area (Å²) >= 11 is 0. The molecule has 3 heteroatoms. The highest BCUT2D eigenvalue weighted by Gasteiger charge is 2.60. The van der Waals surface area contributed by atoms with Crippen molar-refractivity contribution in [1.29, 1.82) is 0 Å². The van der Waals surface area contributed by atoms with Gasteiger partial charge in [-0.15, -0.1) is 0 Å². The number of hydrogen-bond donors (Lipinski definition) is 1. The van der Waals surface area contributed by atoms with Crippen LogP contribution in [0.4, 0.5) is 0 Å². The van der Waals surface area contributed by atoms with Crippen molar-refractivity contribution in [2.45, 2.75) is 92.0 Å². The average molecular weight is 312 g/mol. The smallest absolute Gasteiger partial charge is 0.0900 e. The van der Waals surface area contributed by atoms with Crippen LogP contribution in [0.25, 0.3) is 0 Å². The maximum absolute atomic E-state index is 10.4. The summed E-state index contributed by atoms with van der Waals surface area (Å²) in [6.45, 7) is 17.0. The Morgan fingerprint density at radius 2 is 1.73 bits per heavy atom. The molecule has 2 aliphatic rings. The van der Waals surface area contributed by atoms with Gasteiger partial charge in [-0.1, -0.05) is 20.8 Å². The van der Waals surface area contributed by atoms with Gasteiger partial charge in [-0.2, -0.15) is 0 Å². The fourth-order valence-electron chi connectivity index (χ4n) is 5.19. The second kappa shape index (κ2) is 6.41. The first-order valence-electron chi connectivity index (χ1n) is 9.13. The third-order valence-electron chi connectivity index (χ3n) is 6.34. The largest absolute Gasteiger partial charge is 0.389 e. The molecule has 0 spiro atoms. The van der Waals surface area contributed by atoms with Crippen molar-refractivity contribution in [1.82, 2.24) is 4.90 Å². The summed E-state index contributed by atoms with van der Waals surface area (Å²) in [5.74, 6) is 0.794. The van der Waals surface area contributed by atoms with E-state index in [-0.39, 0.29) is 5.41 Å². The van der Waals surface area contributed by atoms with Crippen molar-refractivity contribution in [3.8, 4) is 0 Å². The molecular weight excluding hydrogens is 274 g/mol. The molecule has 130 valence electrons. The molecule has 0 aromatic carbocycles. The van der Waals surface area contributed by atoms with E-state index in [1.165, 1.54) is 19.3 Å². The summed E-state index contributed by atoms with van der Waals surface area (Å²) in [4.78, 5) is 2.34. The predicted molar refractivity (Wildman–Crippen MR) is 92.0 cm³/mol. The molecule has 2 saturated carbocycles. The molecule has 0 saturated heterocycles. The van der Waals surface area contributed by atoms with E-state index in [4.69, 9.17) is 4.74 Å². The first-order valence-corrected chi connectivity index (χ1v) is 9.13. The second-order valence-electron chi connectivity index (χ2n) is 9.17. The first kappa shape index (κ1) is 18.2. The molecule has 0 aliphatic heterocycles. The molecule has 0 heterocycles. The van der Waals surface area contributed by atoms with Crippen LogP contribution in [0.1, 0.15) is 67.7 Å². The SMILES string of the molecule is CC(C)N(C[C@H](O)CO[C@H]1C(C)(C)[C@@H]2CC[C@]1(C)C2)C(C)C. The number of rotatable bonds is 7. The summed E-state index contributed by atoms with van der Waals surface area (Å²) in [7, 11) is 0. The Labute approximate surface area is 137 Å². The van der Waals surface area contributed by atoms with E-state index in [1.54, 1.807) is 0 Å². The minimum Gasteiger partial charge on any atom is -0.389 e. The van der Waals surface area contributed by atoms with Gasteiger partial charge in [0.05, 0.1) is 18.8 Å². The molecule has 2 rings (SSSR count). The van der Waals surface area contributed by atoms with E-state index in [1.807, 2.05) is 0 Å². The van der Waals surface area contributed by atoms with Crippen LogP contribution in [0.2, 0.25) is 0 Å².